The first-order valence-electron chi connectivity index (χ1n) is 6.73. The van der Waals surface area contributed by atoms with E-state index in [1.54, 1.807) is 13.3 Å². The highest BCUT2D eigenvalue weighted by Crippen LogP contribution is 2.31. The number of aromatic nitrogens is 1. The molecule has 6 heteroatoms. The van der Waals surface area contributed by atoms with Crippen LogP contribution in [0.4, 0.5) is 5.82 Å². The molecule has 1 saturated heterocycles. The molecular formula is C15H17N3O3. The first kappa shape index (κ1) is 13.6. The summed E-state index contributed by atoms with van der Waals surface area (Å²) in [7, 11) is 1.61. The third-order valence-electron chi connectivity index (χ3n) is 3.98. The molecule has 1 aliphatic rings. The predicted octanol–water partition coefficient (Wildman–Crippen LogP) is 1.24. The fourth-order valence-electron chi connectivity index (χ4n) is 2.70. The maximum absolute atomic E-state index is 11.3. The number of nitrogens with two attached hydrogens (primary N) is 1. The van der Waals surface area contributed by atoms with E-state index in [1.165, 1.54) is 0 Å². The van der Waals surface area contributed by atoms with Crippen LogP contribution in [0.3, 0.4) is 0 Å². The quantitative estimate of drug-likeness (QED) is 0.883. The molecular weight excluding hydrogens is 270 g/mol. The summed E-state index contributed by atoms with van der Waals surface area (Å²) in [5.41, 5.74) is 4.73. The number of carbonyl (C=O) groups is 1. The van der Waals surface area contributed by atoms with Crippen molar-refractivity contribution in [1.82, 2.24) is 4.98 Å². The number of fused-ring (bicyclic) bond motifs is 1. The maximum atomic E-state index is 11.3. The highest BCUT2D eigenvalue weighted by atomic mass is 16.5. The van der Waals surface area contributed by atoms with Crippen LogP contribution < -0.4 is 15.4 Å². The van der Waals surface area contributed by atoms with Crippen LogP contribution in [0.15, 0.2) is 30.5 Å². The van der Waals surface area contributed by atoms with Crippen LogP contribution in [0.2, 0.25) is 0 Å². The monoisotopic (exact) mass is 287 g/mol. The van der Waals surface area contributed by atoms with Gasteiger partial charge in [-0.25, -0.2) is 4.98 Å². The van der Waals surface area contributed by atoms with Crippen molar-refractivity contribution in [3.8, 4) is 5.75 Å². The van der Waals surface area contributed by atoms with Crippen molar-refractivity contribution in [1.29, 1.82) is 0 Å². The second-order valence-electron chi connectivity index (χ2n) is 5.35. The summed E-state index contributed by atoms with van der Waals surface area (Å²) in [6.45, 7) is 0.831. The fourth-order valence-corrected chi connectivity index (χ4v) is 2.70. The average molecular weight is 287 g/mol. The number of rotatable bonds is 3. The zero-order chi connectivity index (χ0) is 15.0. The van der Waals surface area contributed by atoms with E-state index in [-0.39, 0.29) is 6.54 Å². The molecule has 1 atom stereocenters. The molecule has 0 amide bonds. The van der Waals surface area contributed by atoms with Crippen LogP contribution in [-0.2, 0) is 4.79 Å². The molecule has 0 aliphatic carbocycles. The Labute approximate surface area is 122 Å². The number of ether oxygens (including phenoxy) is 1. The lowest BCUT2D eigenvalue weighted by atomic mass is 10.0. The Bertz CT molecular complexity index is 704. The molecule has 0 radical (unpaired) electrons. The molecule has 1 aliphatic heterocycles. The Hall–Kier alpha value is -2.34. The molecule has 1 fully saturated rings. The number of nitrogens with zero attached hydrogens (tertiary/aromatic N) is 2. The summed E-state index contributed by atoms with van der Waals surface area (Å²) in [5.74, 6) is 0.524. The minimum atomic E-state index is -1.21. The van der Waals surface area contributed by atoms with E-state index in [1.807, 2.05) is 29.2 Å². The van der Waals surface area contributed by atoms with Crippen molar-refractivity contribution in [3.63, 3.8) is 0 Å². The lowest BCUT2D eigenvalue weighted by Crippen LogP contribution is -2.50. The molecule has 1 aromatic carbocycles. The molecule has 0 saturated carbocycles. The number of aliphatic carboxylic acids is 1. The number of hydrogen-bond donors (Lipinski definition) is 2. The molecule has 0 spiro atoms. The summed E-state index contributed by atoms with van der Waals surface area (Å²) in [5, 5.41) is 11.2. The molecule has 3 rings (SSSR count). The molecule has 3 N–H and O–H groups in total. The highest BCUT2D eigenvalue weighted by Gasteiger charge is 2.42. The molecule has 2 heterocycles. The first-order valence-corrected chi connectivity index (χ1v) is 6.73. The van der Waals surface area contributed by atoms with Gasteiger partial charge in [-0.05, 0) is 30.0 Å². The number of carboxylic acids is 1. The molecule has 6 nitrogen and oxygen atoms in total. The molecule has 110 valence electrons. The van der Waals surface area contributed by atoms with Crippen LogP contribution in [0.1, 0.15) is 6.42 Å². The van der Waals surface area contributed by atoms with Gasteiger partial charge < -0.3 is 20.5 Å². The number of methoxy groups -OCH3 is 1. The number of pyridine rings is 1. The Morgan fingerprint density at radius 1 is 1.48 bits per heavy atom. The molecule has 1 aromatic heterocycles. The van der Waals surface area contributed by atoms with Gasteiger partial charge in [0.2, 0.25) is 0 Å². The Balaban J connectivity index is 2.03. The largest absolute Gasteiger partial charge is 0.497 e. The average Bonchev–Trinajstić information content (AvgIpc) is 2.90. The lowest BCUT2D eigenvalue weighted by Gasteiger charge is -2.22. The number of anilines is 1. The Kier molecular flexibility index (Phi) is 3.17. The van der Waals surface area contributed by atoms with Gasteiger partial charge in [-0.1, -0.05) is 6.07 Å². The second kappa shape index (κ2) is 4.89. The summed E-state index contributed by atoms with van der Waals surface area (Å²) in [6, 6.07) is 7.68. The smallest absolute Gasteiger partial charge is 0.325 e. The van der Waals surface area contributed by atoms with Gasteiger partial charge in [0.05, 0.1) is 7.11 Å². The maximum Gasteiger partial charge on any atom is 0.325 e. The number of benzene rings is 1. The first-order chi connectivity index (χ1) is 10.0. The van der Waals surface area contributed by atoms with Crippen LogP contribution in [-0.4, -0.2) is 41.8 Å². The zero-order valence-corrected chi connectivity index (χ0v) is 11.7. The summed E-state index contributed by atoms with van der Waals surface area (Å²) in [6.07, 6.45) is 2.13. The van der Waals surface area contributed by atoms with Gasteiger partial charge >= 0.3 is 5.97 Å². The molecule has 1 unspecified atom stereocenters. The van der Waals surface area contributed by atoms with E-state index in [0.717, 1.165) is 22.3 Å². The number of carboxylic acid groups (broad SMARTS) is 1. The van der Waals surface area contributed by atoms with Crippen LogP contribution in [0, 0.1) is 0 Å². The van der Waals surface area contributed by atoms with Crippen molar-refractivity contribution < 1.29 is 14.6 Å². The van der Waals surface area contributed by atoms with Crippen molar-refractivity contribution in [2.24, 2.45) is 5.73 Å². The van der Waals surface area contributed by atoms with Crippen molar-refractivity contribution >= 4 is 22.6 Å². The van der Waals surface area contributed by atoms with Gasteiger partial charge in [-0.15, -0.1) is 0 Å². The van der Waals surface area contributed by atoms with Gasteiger partial charge in [0.1, 0.15) is 17.1 Å². The van der Waals surface area contributed by atoms with E-state index in [4.69, 9.17) is 10.5 Å². The Morgan fingerprint density at radius 2 is 2.29 bits per heavy atom. The fraction of sp³-hybridized carbons (Fsp3) is 0.333. The topological polar surface area (TPSA) is 88.7 Å². The summed E-state index contributed by atoms with van der Waals surface area (Å²) < 4.78 is 5.25. The molecule has 0 bridgehead atoms. The molecule has 21 heavy (non-hydrogen) atoms. The predicted molar refractivity (Wildman–Crippen MR) is 79.7 cm³/mol. The van der Waals surface area contributed by atoms with Crippen molar-refractivity contribution in [3.05, 3.63) is 30.5 Å². The van der Waals surface area contributed by atoms with Crippen molar-refractivity contribution in [2.75, 3.05) is 25.1 Å². The van der Waals surface area contributed by atoms with E-state index in [0.29, 0.717) is 13.0 Å². The summed E-state index contributed by atoms with van der Waals surface area (Å²) >= 11 is 0. The summed E-state index contributed by atoms with van der Waals surface area (Å²) in [4.78, 5) is 17.6. The van der Waals surface area contributed by atoms with Gasteiger partial charge in [-0.2, -0.15) is 0 Å². The Morgan fingerprint density at radius 3 is 2.95 bits per heavy atom. The van der Waals surface area contributed by atoms with Crippen LogP contribution >= 0.6 is 0 Å². The van der Waals surface area contributed by atoms with Gasteiger partial charge in [0.15, 0.2) is 0 Å². The van der Waals surface area contributed by atoms with Gasteiger partial charge in [0.25, 0.3) is 0 Å². The minimum Gasteiger partial charge on any atom is -0.497 e. The highest BCUT2D eigenvalue weighted by molar-refractivity contribution is 5.94. The van der Waals surface area contributed by atoms with Crippen molar-refractivity contribution in [2.45, 2.75) is 12.0 Å². The third kappa shape index (κ3) is 2.27. The zero-order valence-electron chi connectivity index (χ0n) is 11.7. The third-order valence-corrected chi connectivity index (χ3v) is 3.98. The van der Waals surface area contributed by atoms with E-state index in [2.05, 4.69) is 4.98 Å². The second-order valence-corrected chi connectivity index (χ2v) is 5.35. The van der Waals surface area contributed by atoms with Gasteiger partial charge in [0, 0.05) is 24.7 Å². The SMILES string of the molecule is COc1ccc2ccnc(N3CCC(N)(C(=O)O)C3)c2c1. The molecule has 2 aromatic rings. The van der Waals surface area contributed by atoms with E-state index in [9.17, 15) is 9.90 Å². The minimum absolute atomic E-state index is 0.256. The number of hydrogen-bond acceptors (Lipinski definition) is 5. The van der Waals surface area contributed by atoms with Gasteiger partial charge in [-0.3, -0.25) is 4.79 Å². The van der Waals surface area contributed by atoms with E-state index >= 15 is 0 Å². The van der Waals surface area contributed by atoms with Crippen LogP contribution in [0.25, 0.3) is 10.8 Å². The standard InChI is InChI=1S/C15H17N3O3/c1-21-11-3-2-10-4-6-17-13(12(10)8-11)18-7-5-15(16,9-18)14(19)20/h2-4,6,8H,5,7,9,16H2,1H3,(H,19,20). The normalized spacial score (nSPS) is 21.7. The van der Waals surface area contributed by atoms with Crippen LogP contribution in [0.5, 0.6) is 5.75 Å². The van der Waals surface area contributed by atoms with E-state index < -0.39 is 11.5 Å². The lowest BCUT2D eigenvalue weighted by molar-refractivity contribution is -0.142.